The normalized spacial score (nSPS) is 13.9. The Morgan fingerprint density at radius 3 is 0.628 bits per heavy atom. The Kier molecular flexibility index (Phi) is 68.1. The van der Waals surface area contributed by atoms with E-state index >= 15 is 0 Å². The molecule has 0 amide bonds. The van der Waals surface area contributed by atoms with Crippen LogP contribution >= 0.6 is 15.6 Å². The molecule has 0 bridgehead atoms. The lowest BCUT2D eigenvalue weighted by atomic mass is 10.0. The first-order valence-corrected chi connectivity index (χ1v) is 42.3. The van der Waals surface area contributed by atoms with E-state index in [9.17, 15) is 43.2 Å². The van der Waals surface area contributed by atoms with Crippen LogP contribution in [0, 0.1) is 0 Å². The van der Waals surface area contributed by atoms with E-state index in [4.69, 9.17) is 37.0 Å². The van der Waals surface area contributed by atoms with E-state index in [1.165, 1.54) is 231 Å². The Balaban J connectivity index is 5.22. The van der Waals surface area contributed by atoms with E-state index in [1.54, 1.807) is 0 Å². The molecular formula is C75H146O17P2. The molecule has 0 aliphatic heterocycles. The van der Waals surface area contributed by atoms with Crippen molar-refractivity contribution in [1.82, 2.24) is 0 Å². The van der Waals surface area contributed by atoms with E-state index in [1.807, 2.05) is 0 Å². The molecule has 0 aromatic carbocycles. The van der Waals surface area contributed by atoms with Gasteiger partial charge < -0.3 is 33.8 Å². The maximum absolute atomic E-state index is 13.1. The first-order chi connectivity index (χ1) is 45.7. The summed E-state index contributed by atoms with van der Waals surface area (Å²) in [7, 11) is -9.90. The summed E-state index contributed by atoms with van der Waals surface area (Å²) in [5.74, 6) is -2.11. The fourth-order valence-corrected chi connectivity index (χ4v) is 13.2. The molecule has 0 fully saturated rings. The first-order valence-electron chi connectivity index (χ1n) is 39.3. The lowest BCUT2D eigenvalue weighted by Gasteiger charge is -2.21. The number of carbonyl (C=O) groups excluding carboxylic acids is 4. The zero-order valence-corrected chi connectivity index (χ0v) is 62.7. The van der Waals surface area contributed by atoms with Gasteiger partial charge in [-0.15, -0.1) is 0 Å². The zero-order chi connectivity index (χ0) is 69.0. The van der Waals surface area contributed by atoms with E-state index in [0.29, 0.717) is 25.7 Å². The number of ether oxygens (including phenoxy) is 4. The molecule has 0 aliphatic rings. The van der Waals surface area contributed by atoms with E-state index < -0.39 is 97.5 Å². The standard InChI is InChI=1S/C75H146O17P2/c1-5-9-13-17-21-25-28-31-33-34-35-36-39-42-46-50-54-58-62-75(80)92-71(66-86-73(78)60-56-52-48-44-40-38-32-29-26-22-18-14-10-6-2)68-90-94(83,84)88-64-69(76)63-87-93(81,82)89-67-70(65-85-72(77)59-55-51-47-43-24-20-16-12-8-4)91-74(79)61-57-53-49-45-41-37-30-27-23-19-15-11-7-3/h69-71,76H,5-68H2,1-4H3,(H,81,82)(H,83,84)/t69-,70+,71+/m0/s1. The van der Waals surface area contributed by atoms with Gasteiger partial charge in [-0.2, -0.15) is 0 Å². The highest BCUT2D eigenvalue weighted by molar-refractivity contribution is 7.47. The molecule has 19 heteroatoms. The summed E-state index contributed by atoms with van der Waals surface area (Å²) < 4.78 is 68.5. The van der Waals surface area contributed by atoms with Gasteiger partial charge in [0.25, 0.3) is 0 Å². The number of rotatable bonds is 76. The SMILES string of the molecule is CCCCCCCCCCCCCCCCCCCCC(=O)O[C@H](COC(=O)CCCCCCCCCCCCCCCC)COP(=O)(O)OC[C@@H](O)COP(=O)(O)OC[C@@H](COC(=O)CCCCCCCCCCC)OC(=O)CCCCCCCCCCCCCCC. The van der Waals surface area contributed by atoms with Crippen LogP contribution in [-0.2, 0) is 65.4 Å². The van der Waals surface area contributed by atoms with Crippen molar-refractivity contribution in [2.75, 3.05) is 39.6 Å². The summed E-state index contributed by atoms with van der Waals surface area (Å²) in [5.41, 5.74) is 0. The molecule has 0 aromatic heterocycles. The van der Waals surface area contributed by atoms with Gasteiger partial charge >= 0.3 is 39.5 Å². The Bertz CT molecular complexity index is 1790. The van der Waals surface area contributed by atoms with Gasteiger partial charge in [0.05, 0.1) is 26.4 Å². The van der Waals surface area contributed by atoms with E-state index in [2.05, 4.69) is 27.7 Å². The number of hydrogen-bond donors (Lipinski definition) is 3. The molecule has 558 valence electrons. The molecule has 0 radical (unpaired) electrons. The Hall–Kier alpha value is -1.94. The monoisotopic (exact) mass is 1380 g/mol. The smallest absolute Gasteiger partial charge is 0.462 e. The molecule has 0 aromatic rings. The van der Waals surface area contributed by atoms with Gasteiger partial charge in [-0.3, -0.25) is 37.3 Å². The van der Waals surface area contributed by atoms with Crippen molar-refractivity contribution in [3.05, 3.63) is 0 Å². The van der Waals surface area contributed by atoms with Gasteiger partial charge in [0, 0.05) is 25.7 Å². The van der Waals surface area contributed by atoms with Crippen molar-refractivity contribution >= 4 is 39.5 Å². The average Bonchev–Trinajstić information content (AvgIpc) is 1.78. The molecule has 0 saturated carbocycles. The average molecular weight is 1380 g/mol. The first kappa shape index (κ1) is 92.1. The van der Waals surface area contributed by atoms with Crippen LogP contribution in [0.4, 0.5) is 0 Å². The maximum Gasteiger partial charge on any atom is 0.472 e. The highest BCUT2D eigenvalue weighted by atomic mass is 31.2. The third-order valence-electron chi connectivity index (χ3n) is 17.6. The van der Waals surface area contributed by atoms with Crippen molar-refractivity contribution in [3.63, 3.8) is 0 Å². The summed E-state index contributed by atoms with van der Waals surface area (Å²) in [6.45, 7) is 4.98. The fourth-order valence-electron chi connectivity index (χ4n) is 11.6. The van der Waals surface area contributed by atoms with Gasteiger partial charge in [-0.25, -0.2) is 9.13 Å². The molecule has 0 rings (SSSR count). The largest absolute Gasteiger partial charge is 0.472 e. The predicted molar refractivity (Wildman–Crippen MR) is 382 cm³/mol. The van der Waals surface area contributed by atoms with Crippen molar-refractivity contribution < 1.29 is 80.2 Å². The molecule has 2 unspecified atom stereocenters. The molecular weight excluding hydrogens is 1230 g/mol. The number of aliphatic hydroxyl groups is 1. The highest BCUT2D eigenvalue weighted by Gasteiger charge is 2.30. The molecule has 5 atom stereocenters. The number of phosphoric acid groups is 2. The van der Waals surface area contributed by atoms with Gasteiger partial charge in [-0.05, 0) is 25.7 Å². The number of carbonyl (C=O) groups is 4. The van der Waals surface area contributed by atoms with Crippen LogP contribution in [0.3, 0.4) is 0 Å². The van der Waals surface area contributed by atoms with Gasteiger partial charge in [0.15, 0.2) is 12.2 Å². The van der Waals surface area contributed by atoms with Crippen LogP contribution < -0.4 is 0 Å². The lowest BCUT2D eigenvalue weighted by molar-refractivity contribution is -0.161. The molecule has 0 aliphatic carbocycles. The summed E-state index contributed by atoms with van der Waals surface area (Å²) in [6, 6.07) is 0. The molecule has 0 heterocycles. The minimum atomic E-state index is -4.95. The minimum Gasteiger partial charge on any atom is -0.462 e. The number of aliphatic hydroxyl groups excluding tert-OH is 1. The summed E-state index contributed by atoms with van der Waals surface area (Å²) >= 11 is 0. The number of unbranched alkanes of at least 4 members (excludes halogenated alkanes) is 50. The van der Waals surface area contributed by atoms with Crippen molar-refractivity contribution in [3.8, 4) is 0 Å². The molecule has 3 N–H and O–H groups in total. The van der Waals surface area contributed by atoms with Gasteiger partial charge in [0.1, 0.15) is 19.3 Å². The quantitative estimate of drug-likeness (QED) is 0.0222. The fraction of sp³-hybridized carbons (Fsp3) is 0.947. The second-order valence-corrected chi connectivity index (χ2v) is 29.9. The Morgan fingerprint density at radius 1 is 0.255 bits per heavy atom. The molecule has 94 heavy (non-hydrogen) atoms. The Labute approximate surface area is 575 Å². The molecule has 0 saturated heterocycles. The second-order valence-electron chi connectivity index (χ2n) is 27.0. The Morgan fingerprint density at radius 2 is 0.426 bits per heavy atom. The van der Waals surface area contributed by atoms with Crippen LogP contribution in [0.5, 0.6) is 0 Å². The van der Waals surface area contributed by atoms with Crippen LogP contribution in [0.25, 0.3) is 0 Å². The van der Waals surface area contributed by atoms with Crippen molar-refractivity contribution in [2.24, 2.45) is 0 Å². The minimum absolute atomic E-state index is 0.108. The van der Waals surface area contributed by atoms with Crippen LogP contribution in [-0.4, -0.2) is 96.7 Å². The second kappa shape index (κ2) is 69.5. The van der Waals surface area contributed by atoms with E-state index in [-0.39, 0.29) is 25.7 Å². The topological polar surface area (TPSA) is 237 Å². The van der Waals surface area contributed by atoms with Gasteiger partial charge in [0.2, 0.25) is 0 Å². The van der Waals surface area contributed by atoms with Crippen molar-refractivity contribution in [2.45, 2.75) is 418 Å². The highest BCUT2D eigenvalue weighted by Crippen LogP contribution is 2.45. The van der Waals surface area contributed by atoms with Gasteiger partial charge in [-0.1, -0.05) is 349 Å². The maximum atomic E-state index is 13.1. The number of hydrogen-bond acceptors (Lipinski definition) is 15. The summed E-state index contributed by atoms with van der Waals surface area (Å²) in [4.78, 5) is 72.7. The molecule has 0 spiro atoms. The predicted octanol–water partition coefficient (Wildman–Crippen LogP) is 22.2. The lowest BCUT2D eigenvalue weighted by Crippen LogP contribution is -2.30. The summed E-state index contributed by atoms with van der Waals surface area (Å²) in [6.07, 6.45) is 59.5. The number of esters is 4. The van der Waals surface area contributed by atoms with E-state index in [0.717, 1.165) is 89.9 Å². The number of phosphoric ester groups is 2. The molecule has 17 nitrogen and oxygen atoms in total. The van der Waals surface area contributed by atoms with Crippen molar-refractivity contribution in [1.29, 1.82) is 0 Å². The van der Waals surface area contributed by atoms with Crippen LogP contribution in [0.2, 0.25) is 0 Å². The van der Waals surface area contributed by atoms with Crippen LogP contribution in [0.1, 0.15) is 400 Å². The van der Waals surface area contributed by atoms with Crippen LogP contribution in [0.15, 0.2) is 0 Å². The zero-order valence-electron chi connectivity index (χ0n) is 60.9. The third kappa shape index (κ3) is 68.6. The third-order valence-corrected chi connectivity index (χ3v) is 19.5. The summed E-state index contributed by atoms with van der Waals surface area (Å²) in [5, 5.41) is 10.6.